The Balaban J connectivity index is 1.35. The van der Waals surface area contributed by atoms with Crippen LogP contribution < -0.4 is 26.4 Å². The molecule has 2 aliphatic rings. The highest BCUT2D eigenvalue weighted by molar-refractivity contribution is 5.94. The molecule has 0 aromatic heterocycles. The van der Waals surface area contributed by atoms with E-state index < -0.39 is 5.43 Å². The lowest BCUT2D eigenvalue weighted by atomic mass is 9.78. The smallest absolute Gasteiger partial charge is 0.253 e. The predicted molar refractivity (Wildman–Crippen MR) is 129 cm³/mol. The predicted octanol–water partition coefficient (Wildman–Crippen LogP) is 3.69. The second-order valence-electron chi connectivity index (χ2n) is 9.95. The average molecular weight is 438 g/mol. The molecule has 1 aliphatic carbocycles. The van der Waals surface area contributed by atoms with Crippen molar-refractivity contribution >= 4 is 17.3 Å². The lowest BCUT2D eigenvalue weighted by molar-refractivity contribution is 0.0891. The van der Waals surface area contributed by atoms with Gasteiger partial charge in [-0.1, -0.05) is 45.7 Å². The third kappa shape index (κ3) is 4.59. The van der Waals surface area contributed by atoms with Gasteiger partial charge in [-0.2, -0.15) is 0 Å². The number of nitrogens with zero attached hydrogens (tertiary/aromatic N) is 1. The van der Waals surface area contributed by atoms with Crippen LogP contribution in [0.15, 0.2) is 33.9 Å². The first-order valence-corrected chi connectivity index (χ1v) is 12.1. The van der Waals surface area contributed by atoms with Crippen molar-refractivity contribution < 1.29 is 4.79 Å². The van der Waals surface area contributed by atoms with E-state index in [2.05, 4.69) is 31.4 Å². The molecule has 32 heavy (non-hydrogen) atoms. The highest BCUT2D eigenvalue weighted by atomic mass is 16.2. The Hall–Kier alpha value is -2.63. The van der Waals surface area contributed by atoms with E-state index in [0.717, 1.165) is 44.3 Å². The highest BCUT2D eigenvalue weighted by Crippen LogP contribution is 2.30. The fourth-order valence-electron chi connectivity index (χ4n) is 5.08. The maximum Gasteiger partial charge on any atom is 0.253 e. The molecule has 1 heterocycles. The van der Waals surface area contributed by atoms with Crippen molar-refractivity contribution in [1.82, 2.24) is 5.32 Å². The normalized spacial score (nSPS) is 24.5. The summed E-state index contributed by atoms with van der Waals surface area (Å²) in [6, 6.07) is 7.71. The van der Waals surface area contributed by atoms with Crippen molar-refractivity contribution in [3.05, 3.63) is 55.8 Å². The van der Waals surface area contributed by atoms with E-state index in [1.54, 1.807) is 0 Å². The minimum Gasteiger partial charge on any atom is -0.376 e. The number of carbonyl (C=O) groups is 1. The number of rotatable bonds is 6. The van der Waals surface area contributed by atoms with Crippen LogP contribution >= 0.6 is 0 Å². The largest absolute Gasteiger partial charge is 0.376 e. The number of anilines is 2. The minimum atomic E-state index is -0.426. The van der Waals surface area contributed by atoms with Crippen LogP contribution in [0.25, 0.3) is 0 Å². The van der Waals surface area contributed by atoms with Crippen LogP contribution in [0, 0.1) is 17.8 Å². The molecule has 0 bridgehead atoms. The van der Waals surface area contributed by atoms with E-state index in [-0.39, 0.29) is 17.4 Å². The zero-order valence-electron chi connectivity index (χ0n) is 19.4. The molecular weight excluding hydrogens is 402 g/mol. The number of hydrogen-bond donors (Lipinski definition) is 2. The van der Waals surface area contributed by atoms with E-state index in [4.69, 9.17) is 0 Å². The second kappa shape index (κ2) is 9.47. The Bertz CT molecular complexity index is 1010. The number of amides is 1. The van der Waals surface area contributed by atoms with Gasteiger partial charge in [-0.3, -0.25) is 14.4 Å². The highest BCUT2D eigenvalue weighted by Gasteiger charge is 2.29. The van der Waals surface area contributed by atoms with E-state index in [9.17, 15) is 14.4 Å². The molecular formula is C26H35N3O3. The monoisotopic (exact) mass is 437 g/mol. The first kappa shape index (κ1) is 22.6. The van der Waals surface area contributed by atoms with Crippen LogP contribution in [0.4, 0.5) is 11.4 Å². The third-order valence-electron chi connectivity index (χ3n) is 7.69. The summed E-state index contributed by atoms with van der Waals surface area (Å²) in [7, 11) is 0. The molecule has 2 N–H and O–H groups in total. The Morgan fingerprint density at radius 1 is 0.969 bits per heavy atom. The van der Waals surface area contributed by atoms with Gasteiger partial charge in [-0.25, -0.2) is 0 Å². The van der Waals surface area contributed by atoms with Crippen molar-refractivity contribution in [3.63, 3.8) is 0 Å². The zero-order valence-corrected chi connectivity index (χ0v) is 19.4. The molecule has 2 fully saturated rings. The molecule has 6 nitrogen and oxygen atoms in total. The van der Waals surface area contributed by atoms with Gasteiger partial charge in [-0.15, -0.1) is 0 Å². The first-order valence-electron chi connectivity index (χ1n) is 12.1. The van der Waals surface area contributed by atoms with Gasteiger partial charge in [0, 0.05) is 31.2 Å². The van der Waals surface area contributed by atoms with E-state index in [1.165, 1.54) is 6.42 Å². The van der Waals surface area contributed by atoms with Crippen LogP contribution in [0.3, 0.4) is 0 Å². The molecule has 1 saturated carbocycles. The standard InChI is InChI=1S/C26H35N3O3/c1-16-11-13-29(14-12-16)23-22(24(30)25(23)31)27-15-19-7-9-20(10-8-19)26(32)28-21-6-4-5-17(2)18(21)3/h7-10,16-18,21,27H,4-6,11-15H2,1-3H3,(H,28,32)/t17-,18-,21+/m0/s1. The molecule has 0 unspecified atom stereocenters. The van der Waals surface area contributed by atoms with Crippen LogP contribution in [0.2, 0.25) is 0 Å². The molecule has 4 rings (SSSR count). The molecule has 2 aromatic carbocycles. The molecule has 0 spiro atoms. The Labute approximate surface area is 190 Å². The summed E-state index contributed by atoms with van der Waals surface area (Å²) in [6.07, 6.45) is 5.52. The molecule has 3 atom stereocenters. The van der Waals surface area contributed by atoms with E-state index >= 15 is 0 Å². The molecule has 1 amide bonds. The van der Waals surface area contributed by atoms with Crippen LogP contribution in [0.1, 0.15) is 68.8 Å². The number of nitrogens with one attached hydrogen (secondary N) is 2. The average Bonchev–Trinajstić information content (AvgIpc) is 2.80. The van der Waals surface area contributed by atoms with Crippen molar-refractivity contribution in [2.45, 2.75) is 65.5 Å². The summed E-state index contributed by atoms with van der Waals surface area (Å²) < 4.78 is 0. The molecule has 172 valence electrons. The lowest BCUT2D eigenvalue weighted by Crippen LogP contribution is -2.45. The van der Waals surface area contributed by atoms with E-state index in [0.29, 0.717) is 41.2 Å². The number of benzene rings is 1. The summed E-state index contributed by atoms with van der Waals surface area (Å²) >= 11 is 0. The molecule has 0 radical (unpaired) electrons. The Morgan fingerprint density at radius 3 is 2.34 bits per heavy atom. The fourth-order valence-corrected chi connectivity index (χ4v) is 5.08. The van der Waals surface area contributed by atoms with Gasteiger partial charge in [0.05, 0.1) is 0 Å². The summed E-state index contributed by atoms with van der Waals surface area (Å²) in [6.45, 7) is 8.80. The zero-order chi connectivity index (χ0) is 22.8. The first-order chi connectivity index (χ1) is 15.3. The summed E-state index contributed by atoms with van der Waals surface area (Å²) in [5, 5.41) is 6.38. The molecule has 1 aliphatic heterocycles. The maximum absolute atomic E-state index is 12.7. The lowest BCUT2D eigenvalue weighted by Gasteiger charge is -2.34. The fraction of sp³-hybridized carbons (Fsp3) is 0.577. The van der Waals surface area contributed by atoms with Gasteiger partial charge in [0.1, 0.15) is 11.4 Å². The van der Waals surface area contributed by atoms with Gasteiger partial charge < -0.3 is 15.5 Å². The van der Waals surface area contributed by atoms with Gasteiger partial charge in [-0.05, 0) is 54.7 Å². The van der Waals surface area contributed by atoms with Crippen molar-refractivity contribution in [1.29, 1.82) is 0 Å². The van der Waals surface area contributed by atoms with Crippen molar-refractivity contribution in [2.24, 2.45) is 17.8 Å². The quantitative estimate of drug-likeness (QED) is 0.674. The number of piperidine rings is 1. The van der Waals surface area contributed by atoms with Gasteiger partial charge in [0.2, 0.25) is 0 Å². The summed E-state index contributed by atoms with van der Waals surface area (Å²) in [4.78, 5) is 39.0. The number of carbonyl (C=O) groups excluding carboxylic acids is 1. The van der Waals surface area contributed by atoms with Gasteiger partial charge in [0.25, 0.3) is 16.8 Å². The summed E-state index contributed by atoms with van der Waals surface area (Å²) in [5.74, 6) is 1.76. The van der Waals surface area contributed by atoms with Gasteiger partial charge in [0.15, 0.2) is 0 Å². The number of hydrogen-bond acceptors (Lipinski definition) is 5. The van der Waals surface area contributed by atoms with Crippen LogP contribution in [0.5, 0.6) is 0 Å². The van der Waals surface area contributed by atoms with E-state index in [1.807, 2.05) is 29.2 Å². The molecule has 1 saturated heterocycles. The Morgan fingerprint density at radius 2 is 1.66 bits per heavy atom. The second-order valence-corrected chi connectivity index (χ2v) is 9.95. The maximum atomic E-state index is 12.7. The molecule has 6 heteroatoms. The third-order valence-corrected chi connectivity index (χ3v) is 7.69. The van der Waals surface area contributed by atoms with Gasteiger partial charge >= 0.3 is 0 Å². The van der Waals surface area contributed by atoms with Crippen LogP contribution in [-0.2, 0) is 6.54 Å². The van der Waals surface area contributed by atoms with Crippen molar-refractivity contribution in [2.75, 3.05) is 23.3 Å². The SMILES string of the molecule is CC1CCN(c2c(NCc3ccc(C(=O)N[C@@H]4CCC[C@H](C)[C@@H]4C)cc3)c(=O)c2=O)CC1. The van der Waals surface area contributed by atoms with Crippen LogP contribution in [-0.4, -0.2) is 25.0 Å². The molecule has 2 aromatic rings. The topological polar surface area (TPSA) is 78.5 Å². The van der Waals surface area contributed by atoms with Crippen molar-refractivity contribution in [3.8, 4) is 0 Å². The minimum absolute atomic E-state index is 0.0282. The Kier molecular flexibility index (Phi) is 6.68. The summed E-state index contributed by atoms with van der Waals surface area (Å²) in [5.41, 5.74) is 1.80.